The molecule has 4 amide bonds. The van der Waals surface area contributed by atoms with Gasteiger partial charge in [0.25, 0.3) is 11.8 Å². The van der Waals surface area contributed by atoms with Crippen molar-refractivity contribution in [3.8, 4) is 11.5 Å². The smallest absolute Gasteiger partial charge is 0.335 e. The number of phenols is 1. The van der Waals surface area contributed by atoms with Crippen molar-refractivity contribution in [1.82, 2.24) is 5.32 Å². The van der Waals surface area contributed by atoms with E-state index in [1.165, 1.54) is 19.3 Å². The van der Waals surface area contributed by atoms with Crippen molar-refractivity contribution in [2.24, 2.45) is 0 Å². The third-order valence-electron chi connectivity index (χ3n) is 4.47. The van der Waals surface area contributed by atoms with Gasteiger partial charge in [-0.2, -0.15) is 0 Å². The van der Waals surface area contributed by atoms with Crippen molar-refractivity contribution >= 4 is 29.6 Å². The molecule has 0 bridgehead atoms. The summed E-state index contributed by atoms with van der Waals surface area (Å²) in [5.41, 5.74) is 1.36. The molecule has 0 aromatic heterocycles. The maximum absolute atomic E-state index is 12.9. The summed E-state index contributed by atoms with van der Waals surface area (Å²) in [6.07, 6.45) is 1.23. The lowest BCUT2D eigenvalue weighted by Crippen LogP contribution is -2.54. The van der Waals surface area contributed by atoms with Crippen LogP contribution < -0.4 is 15.0 Å². The summed E-state index contributed by atoms with van der Waals surface area (Å²) in [4.78, 5) is 38.3. The molecule has 28 heavy (non-hydrogen) atoms. The number of hydrogen-bond acceptors (Lipinski definition) is 5. The van der Waals surface area contributed by atoms with Gasteiger partial charge in [0.1, 0.15) is 5.57 Å². The van der Waals surface area contributed by atoms with E-state index in [-0.39, 0.29) is 22.6 Å². The number of barbiturate groups is 1. The molecule has 3 rings (SSSR count). The minimum Gasteiger partial charge on any atom is -0.504 e. The predicted octanol–water partition coefficient (Wildman–Crippen LogP) is 3.19. The van der Waals surface area contributed by atoms with E-state index in [9.17, 15) is 19.5 Å². The Balaban J connectivity index is 2.01. The number of benzene rings is 2. The van der Waals surface area contributed by atoms with Gasteiger partial charge in [-0.15, -0.1) is 0 Å². The third-order valence-corrected chi connectivity index (χ3v) is 4.47. The van der Waals surface area contributed by atoms with Crippen LogP contribution in [0.25, 0.3) is 6.08 Å². The molecule has 2 aromatic carbocycles. The molecule has 0 atom stereocenters. The van der Waals surface area contributed by atoms with Crippen LogP contribution in [0.4, 0.5) is 10.5 Å². The molecule has 2 N–H and O–H groups in total. The lowest BCUT2D eigenvalue weighted by molar-refractivity contribution is -0.122. The largest absolute Gasteiger partial charge is 0.504 e. The number of hydrogen-bond donors (Lipinski definition) is 2. The molecule has 7 heteroatoms. The Morgan fingerprint density at radius 3 is 2.36 bits per heavy atom. The Hall–Kier alpha value is -3.61. The first-order valence-electron chi connectivity index (χ1n) is 8.71. The van der Waals surface area contributed by atoms with Crippen LogP contribution in [0.15, 0.2) is 48.0 Å². The Morgan fingerprint density at radius 2 is 1.75 bits per heavy atom. The number of aromatic hydroxyl groups is 1. The number of anilines is 1. The SMILES string of the molecule is COc1cccc(C=C2C(=O)NC(=O)N(c3ccc(C(C)C)cc3)C2=O)c1O. The van der Waals surface area contributed by atoms with Crippen molar-refractivity contribution in [1.29, 1.82) is 0 Å². The number of imide groups is 2. The topological polar surface area (TPSA) is 95.9 Å². The molecule has 0 aliphatic carbocycles. The lowest BCUT2D eigenvalue weighted by atomic mass is 10.0. The summed E-state index contributed by atoms with van der Waals surface area (Å²) in [7, 11) is 1.39. The van der Waals surface area contributed by atoms with Crippen LogP contribution in [0.1, 0.15) is 30.9 Å². The van der Waals surface area contributed by atoms with Crippen molar-refractivity contribution < 1.29 is 24.2 Å². The molecule has 1 aliphatic heterocycles. The molecule has 0 unspecified atom stereocenters. The summed E-state index contributed by atoms with van der Waals surface area (Å²) in [5, 5.41) is 12.4. The lowest BCUT2D eigenvalue weighted by Gasteiger charge is -2.26. The zero-order chi connectivity index (χ0) is 20.4. The van der Waals surface area contributed by atoms with E-state index < -0.39 is 17.8 Å². The Bertz CT molecular complexity index is 977. The number of rotatable bonds is 4. The number of amides is 4. The molecule has 0 saturated carbocycles. The number of phenolic OH excluding ortho intramolecular Hbond substituents is 1. The summed E-state index contributed by atoms with van der Waals surface area (Å²) in [6.45, 7) is 4.07. The third kappa shape index (κ3) is 3.46. The number of ether oxygens (including phenoxy) is 1. The fourth-order valence-electron chi connectivity index (χ4n) is 2.88. The summed E-state index contributed by atoms with van der Waals surface area (Å²) < 4.78 is 5.04. The van der Waals surface area contributed by atoms with Gasteiger partial charge >= 0.3 is 6.03 Å². The second-order valence-corrected chi connectivity index (χ2v) is 6.60. The normalized spacial score (nSPS) is 15.9. The van der Waals surface area contributed by atoms with Crippen LogP contribution in [-0.2, 0) is 9.59 Å². The molecule has 0 radical (unpaired) electrons. The summed E-state index contributed by atoms with van der Waals surface area (Å²) in [6, 6.07) is 10.8. The van der Waals surface area contributed by atoms with E-state index in [0.717, 1.165) is 10.5 Å². The average Bonchev–Trinajstić information content (AvgIpc) is 2.66. The van der Waals surface area contributed by atoms with Gasteiger partial charge < -0.3 is 9.84 Å². The van der Waals surface area contributed by atoms with Crippen LogP contribution in [-0.4, -0.2) is 30.1 Å². The first kappa shape index (κ1) is 19.2. The van der Waals surface area contributed by atoms with E-state index >= 15 is 0 Å². The minimum absolute atomic E-state index is 0.204. The molecular weight excluding hydrogens is 360 g/mol. The number of carbonyl (C=O) groups excluding carboxylic acids is 3. The fraction of sp³-hybridized carbons (Fsp3) is 0.190. The minimum atomic E-state index is -0.827. The predicted molar refractivity (Wildman–Crippen MR) is 104 cm³/mol. The second-order valence-electron chi connectivity index (χ2n) is 6.60. The number of nitrogens with one attached hydrogen (secondary N) is 1. The quantitative estimate of drug-likeness (QED) is 0.627. The Labute approximate surface area is 162 Å². The highest BCUT2D eigenvalue weighted by molar-refractivity contribution is 6.39. The van der Waals surface area contributed by atoms with Crippen molar-refractivity contribution in [3.05, 3.63) is 59.2 Å². The zero-order valence-electron chi connectivity index (χ0n) is 15.7. The maximum atomic E-state index is 12.9. The first-order chi connectivity index (χ1) is 13.3. The molecule has 0 spiro atoms. The highest BCUT2D eigenvalue weighted by Crippen LogP contribution is 2.32. The van der Waals surface area contributed by atoms with Crippen molar-refractivity contribution in [2.45, 2.75) is 19.8 Å². The van der Waals surface area contributed by atoms with E-state index in [2.05, 4.69) is 5.32 Å². The van der Waals surface area contributed by atoms with Crippen LogP contribution in [0.2, 0.25) is 0 Å². The first-order valence-corrected chi connectivity index (χ1v) is 8.71. The number of urea groups is 1. The number of carbonyl (C=O) groups is 3. The van der Waals surface area contributed by atoms with Gasteiger partial charge in [-0.25, -0.2) is 9.69 Å². The molecule has 1 aliphatic rings. The van der Waals surface area contributed by atoms with Crippen LogP contribution in [0, 0.1) is 0 Å². The van der Waals surface area contributed by atoms with E-state index in [0.29, 0.717) is 11.6 Å². The number of methoxy groups -OCH3 is 1. The standard InChI is InChI=1S/C21H20N2O5/c1-12(2)13-7-9-15(10-8-13)23-20(26)16(19(25)22-21(23)27)11-14-5-4-6-17(28-3)18(14)24/h4-12,24H,1-3H3,(H,22,25,27). The van der Waals surface area contributed by atoms with Crippen LogP contribution in [0.3, 0.4) is 0 Å². The van der Waals surface area contributed by atoms with Gasteiger partial charge in [0.2, 0.25) is 0 Å². The summed E-state index contributed by atoms with van der Waals surface area (Å²) >= 11 is 0. The highest BCUT2D eigenvalue weighted by atomic mass is 16.5. The van der Waals surface area contributed by atoms with Crippen LogP contribution in [0.5, 0.6) is 11.5 Å². The van der Waals surface area contributed by atoms with Gasteiger partial charge in [0, 0.05) is 5.56 Å². The van der Waals surface area contributed by atoms with E-state index in [1.54, 1.807) is 24.3 Å². The molecule has 144 valence electrons. The monoisotopic (exact) mass is 380 g/mol. The number of para-hydroxylation sites is 1. The number of nitrogens with zero attached hydrogens (tertiary/aromatic N) is 1. The highest BCUT2D eigenvalue weighted by Gasteiger charge is 2.37. The maximum Gasteiger partial charge on any atom is 0.335 e. The molecule has 2 aromatic rings. The van der Waals surface area contributed by atoms with Gasteiger partial charge in [-0.1, -0.05) is 38.1 Å². The second kappa shape index (κ2) is 7.56. The Kier molecular flexibility index (Phi) is 5.17. The van der Waals surface area contributed by atoms with E-state index in [4.69, 9.17) is 4.74 Å². The van der Waals surface area contributed by atoms with Crippen LogP contribution >= 0.6 is 0 Å². The molecule has 7 nitrogen and oxygen atoms in total. The summed E-state index contributed by atoms with van der Waals surface area (Å²) in [5.74, 6) is -1.30. The Morgan fingerprint density at radius 1 is 1.07 bits per heavy atom. The van der Waals surface area contributed by atoms with Crippen molar-refractivity contribution in [3.63, 3.8) is 0 Å². The average molecular weight is 380 g/mol. The van der Waals surface area contributed by atoms with Gasteiger partial charge in [0.15, 0.2) is 11.5 Å². The van der Waals surface area contributed by atoms with Gasteiger partial charge in [-0.3, -0.25) is 14.9 Å². The van der Waals surface area contributed by atoms with Crippen molar-refractivity contribution in [2.75, 3.05) is 12.0 Å². The van der Waals surface area contributed by atoms with Gasteiger partial charge in [0.05, 0.1) is 12.8 Å². The zero-order valence-corrected chi connectivity index (χ0v) is 15.7. The fourth-order valence-corrected chi connectivity index (χ4v) is 2.88. The molecular formula is C21H20N2O5. The van der Waals surface area contributed by atoms with Gasteiger partial charge in [-0.05, 0) is 35.8 Å². The van der Waals surface area contributed by atoms with E-state index in [1.807, 2.05) is 26.0 Å². The molecule has 1 heterocycles. The molecule has 1 fully saturated rings. The molecule has 1 saturated heterocycles.